The number of amides is 6. The van der Waals surface area contributed by atoms with E-state index in [4.69, 9.17) is 41.0 Å². The Kier molecular flexibility index (Phi) is 19.3. The molecule has 6 N–H and O–H groups in total. The molecule has 3 saturated heterocycles. The van der Waals surface area contributed by atoms with Crippen LogP contribution in [0.1, 0.15) is 70.8 Å². The van der Waals surface area contributed by atoms with E-state index in [1.54, 1.807) is 24.5 Å². The van der Waals surface area contributed by atoms with Gasteiger partial charge in [0.1, 0.15) is 23.8 Å². The molecule has 0 spiro atoms. The number of aromatic amines is 1. The molecule has 6 heterocycles. The highest BCUT2D eigenvalue weighted by atomic mass is 35.5. The fraction of sp³-hybridized carbons (Fsp3) is 0.529. The molecule has 4 aliphatic heterocycles. The molecular weight excluding hydrogens is 978 g/mol. The molecule has 2 aromatic heterocycles. The van der Waals surface area contributed by atoms with Crippen molar-refractivity contribution in [2.75, 3.05) is 129 Å². The molecule has 1 unspecified atom stereocenters. The van der Waals surface area contributed by atoms with Crippen LogP contribution in [-0.2, 0) is 42.9 Å². The first-order valence-corrected chi connectivity index (χ1v) is 25.7. The lowest BCUT2D eigenvalue weighted by atomic mass is 9.87. The number of piperazine rings is 1. The number of hydrogen-bond donors (Lipinski definition) is 5. The quantitative estimate of drug-likeness (QED) is 0.0424. The van der Waals surface area contributed by atoms with E-state index >= 15 is 0 Å². The van der Waals surface area contributed by atoms with Gasteiger partial charge in [0.2, 0.25) is 23.6 Å². The molecule has 23 heteroatoms. The molecule has 6 amide bonds. The number of fused-ring (bicyclic) bond motifs is 2. The van der Waals surface area contributed by atoms with E-state index in [1.165, 1.54) is 0 Å². The lowest BCUT2D eigenvalue weighted by Crippen LogP contribution is -2.60. The van der Waals surface area contributed by atoms with Gasteiger partial charge in [0.05, 0.1) is 101 Å². The highest BCUT2D eigenvalue weighted by Crippen LogP contribution is 2.33. The lowest BCUT2D eigenvalue weighted by molar-refractivity contribution is -0.136. The van der Waals surface area contributed by atoms with Gasteiger partial charge in [-0.2, -0.15) is 0 Å². The second-order valence-corrected chi connectivity index (χ2v) is 19.0. The van der Waals surface area contributed by atoms with Gasteiger partial charge in [-0.1, -0.05) is 29.8 Å². The smallest absolute Gasteiger partial charge is 0.264 e. The third-order valence-electron chi connectivity index (χ3n) is 13.8. The SMILES string of the molecule is NC1(C(=O)N[C@@H](CCN2CCN(C(=O)CCOCCOCCOCCOCCOCCNc3cccc4c3C(=O)N(C3CCC(=O)NC3=O)C4=O)CC2)c2ccc(Cl)cc2)CCN(c2ncnc3[nH]ccc23)CC1. The Morgan fingerprint density at radius 2 is 1.46 bits per heavy atom. The molecule has 398 valence electrons. The largest absolute Gasteiger partial charge is 0.382 e. The molecule has 8 rings (SSSR count). The number of rotatable bonds is 27. The zero-order valence-electron chi connectivity index (χ0n) is 41.5. The molecular formula is C51H66ClN11O11. The lowest BCUT2D eigenvalue weighted by Gasteiger charge is -2.39. The number of carbonyl (C=O) groups excluding carboxylic acids is 6. The van der Waals surface area contributed by atoms with E-state index in [1.807, 2.05) is 41.4 Å². The molecule has 22 nitrogen and oxygen atoms in total. The Morgan fingerprint density at radius 3 is 2.14 bits per heavy atom. The molecule has 4 aromatic rings. The van der Waals surface area contributed by atoms with Crippen molar-refractivity contribution in [2.24, 2.45) is 5.73 Å². The first-order chi connectivity index (χ1) is 36.0. The van der Waals surface area contributed by atoms with Gasteiger partial charge in [0, 0.05) is 75.7 Å². The summed E-state index contributed by atoms with van der Waals surface area (Å²) in [5, 5.41) is 10.2. The van der Waals surface area contributed by atoms with Crippen LogP contribution in [0.25, 0.3) is 11.0 Å². The standard InChI is InChI=1S/C51H66ClN11O11/c52-36-6-4-35(5-7-36)39(58-50(69)51(53)13-18-62(19-14-51)46-38-10-15-55-45(38)56-34-57-46)11-17-60-20-22-61(23-21-60)43(65)12-24-70-26-28-72-30-32-74-33-31-73-29-27-71-25-16-54-40-3-1-2-37-44(40)49(68)63(48(37)67)41-8-9-42(64)59-47(41)66/h1-7,10,15,34,39,41,54H,8-9,11-14,16-33,53H2,(H,58,69)(H,55,56,57)(H,59,64,66)/t39-,41?/m0/s1. The zero-order chi connectivity index (χ0) is 51.9. The first kappa shape index (κ1) is 54.2. The molecule has 2 atom stereocenters. The van der Waals surface area contributed by atoms with E-state index in [-0.39, 0.29) is 41.8 Å². The third kappa shape index (κ3) is 14.0. The highest BCUT2D eigenvalue weighted by Gasteiger charge is 2.46. The van der Waals surface area contributed by atoms with Crippen LogP contribution in [0.4, 0.5) is 11.5 Å². The summed E-state index contributed by atoms with van der Waals surface area (Å²) in [4.78, 5) is 96.3. The summed E-state index contributed by atoms with van der Waals surface area (Å²) >= 11 is 6.23. The van der Waals surface area contributed by atoms with E-state index in [0.29, 0.717) is 135 Å². The van der Waals surface area contributed by atoms with Crippen molar-refractivity contribution in [3.8, 4) is 0 Å². The van der Waals surface area contributed by atoms with Gasteiger partial charge in [-0.15, -0.1) is 0 Å². The van der Waals surface area contributed by atoms with Gasteiger partial charge in [-0.3, -0.25) is 43.9 Å². The summed E-state index contributed by atoms with van der Waals surface area (Å²) < 4.78 is 28.0. The van der Waals surface area contributed by atoms with Crippen LogP contribution >= 0.6 is 11.6 Å². The van der Waals surface area contributed by atoms with Crippen LogP contribution in [0.3, 0.4) is 0 Å². The summed E-state index contributed by atoms with van der Waals surface area (Å²) in [6.45, 7) is 8.61. The number of carbonyl (C=O) groups is 6. The highest BCUT2D eigenvalue weighted by molar-refractivity contribution is 6.30. The number of halogens is 1. The minimum absolute atomic E-state index is 0.0544. The predicted molar refractivity (Wildman–Crippen MR) is 273 cm³/mol. The number of nitrogens with zero attached hydrogens (tertiary/aromatic N) is 6. The van der Waals surface area contributed by atoms with Crippen molar-refractivity contribution in [2.45, 2.75) is 56.1 Å². The monoisotopic (exact) mass is 1040 g/mol. The topological polar surface area (TPSA) is 265 Å². The van der Waals surface area contributed by atoms with E-state index in [0.717, 1.165) is 46.9 Å². The van der Waals surface area contributed by atoms with Crippen molar-refractivity contribution < 1.29 is 52.5 Å². The minimum atomic E-state index is -1.03. The van der Waals surface area contributed by atoms with Crippen LogP contribution in [0.2, 0.25) is 5.02 Å². The number of piperidine rings is 2. The summed E-state index contributed by atoms with van der Waals surface area (Å²) in [5.74, 6) is -1.49. The van der Waals surface area contributed by atoms with Crippen molar-refractivity contribution in [3.05, 3.63) is 82.8 Å². The zero-order valence-corrected chi connectivity index (χ0v) is 42.3. The number of aromatic nitrogens is 3. The Hall–Kier alpha value is -6.11. The number of nitrogens with two attached hydrogens (primary N) is 1. The maximum atomic E-state index is 13.9. The third-order valence-corrected chi connectivity index (χ3v) is 14.0. The van der Waals surface area contributed by atoms with Crippen LogP contribution in [0, 0.1) is 0 Å². The molecule has 2 aromatic carbocycles. The summed E-state index contributed by atoms with van der Waals surface area (Å²) in [6.07, 6.45) is 5.45. The molecule has 0 saturated carbocycles. The van der Waals surface area contributed by atoms with Crippen molar-refractivity contribution in [1.29, 1.82) is 0 Å². The number of imide groups is 2. The second-order valence-electron chi connectivity index (χ2n) is 18.6. The molecule has 74 heavy (non-hydrogen) atoms. The molecule has 4 aliphatic rings. The van der Waals surface area contributed by atoms with Gasteiger partial charge in [0.15, 0.2) is 0 Å². The summed E-state index contributed by atoms with van der Waals surface area (Å²) in [7, 11) is 0. The molecule has 3 fully saturated rings. The average molecular weight is 1040 g/mol. The van der Waals surface area contributed by atoms with Crippen LogP contribution in [0.5, 0.6) is 0 Å². The van der Waals surface area contributed by atoms with Crippen molar-refractivity contribution >= 4 is 69.6 Å². The number of nitrogens with one attached hydrogen (secondary N) is 4. The number of benzene rings is 2. The number of H-pyrrole nitrogens is 1. The van der Waals surface area contributed by atoms with Gasteiger partial charge in [0.25, 0.3) is 11.8 Å². The Labute approximate surface area is 434 Å². The summed E-state index contributed by atoms with van der Waals surface area (Å²) in [6, 6.07) is 13.1. The molecule has 0 aliphatic carbocycles. The Balaban J connectivity index is 0.618. The van der Waals surface area contributed by atoms with Gasteiger partial charge in [-0.25, -0.2) is 9.97 Å². The Morgan fingerprint density at radius 1 is 0.797 bits per heavy atom. The number of ether oxygens (including phenoxy) is 5. The van der Waals surface area contributed by atoms with Gasteiger partial charge < -0.3 is 54.8 Å². The van der Waals surface area contributed by atoms with E-state index < -0.39 is 35.2 Å². The predicted octanol–water partition coefficient (Wildman–Crippen LogP) is 2.29. The normalized spacial score (nSPS) is 18.5. The summed E-state index contributed by atoms with van der Waals surface area (Å²) in [5.41, 5.74) is 8.40. The molecule has 0 bridgehead atoms. The van der Waals surface area contributed by atoms with Crippen LogP contribution in [0.15, 0.2) is 61.1 Å². The fourth-order valence-corrected chi connectivity index (χ4v) is 9.65. The maximum Gasteiger partial charge on any atom is 0.264 e. The van der Waals surface area contributed by atoms with E-state index in [9.17, 15) is 28.8 Å². The fourth-order valence-electron chi connectivity index (χ4n) is 9.53. The van der Waals surface area contributed by atoms with Crippen molar-refractivity contribution in [1.82, 2.24) is 40.3 Å². The number of hydrogen-bond acceptors (Lipinski definition) is 17. The second kappa shape index (κ2) is 26.4. The van der Waals surface area contributed by atoms with Gasteiger partial charge in [-0.05, 0) is 61.6 Å². The van der Waals surface area contributed by atoms with Crippen molar-refractivity contribution in [3.63, 3.8) is 0 Å². The molecule has 0 radical (unpaired) electrons. The Bertz CT molecular complexity index is 2570. The van der Waals surface area contributed by atoms with E-state index in [2.05, 4.69) is 40.7 Å². The number of anilines is 2. The maximum absolute atomic E-state index is 13.9. The van der Waals surface area contributed by atoms with Crippen LogP contribution in [-0.4, -0.2) is 195 Å². The first-order valence-electron chi connectivity index (χ1n) is 25.3. The van der Waals surface area contributed by atoms with Gasteiger partial charge >= 0.3 is 0 Å². The minimum Gasteiger partial charge on any atom is -0.382 e. The van der Waals surface area contributed by atoms with Crippen LogP contribution < -0.4 is 26.6 Å². The average Bonchev–Trinajstić information content (AvgIpc) is 3.99.